The Morgan fingerprint density at radius 1 is 1.00 bits per heavy atom. The van der Waals surface area contributed by atoms with Gasteiger partial charge in [-0.1, -0.05) is 13.0 Å². The number of nitrogens with zero attached hydrogens (tertiary/aromatic N) is 5. The number of fused-ring (bicyclic) bond motifs is 1. The van der Waals surface area contributed by atoms with Gasteiger partial charge < -0.3 is 19.3 Å². The predicted octanol–water partition coefficient (Wildman–Crippen LogP) is 2.76. The molecule has 5 rings (SSSR count). The molecule has 0 N–H and O–H groups in total. The van der Waals surface area contributed by atoms with Crippen molar-refractivity contribution in [2.75, 3.05) is 55.9 Å². The van der Waals surface area contributed by atoms with E-state index in [1.165, 1.54) is 18.4 Å². The van der Waals surface area contributed by atoms with Crippen LogP contribution in [0.15, 0.2) is 30.5 Å². The van der Waals surface area contributed by atoms with Gasteiger partial charge in [-0.05, 0) is 42.5 Å². The monoisotopic (exact) mass is 395 g/mol. The quantitative estimate of drug-likeness (QED) is 0.789. The summed E-state index contributed by atoms with van der Waals surface area (Å²) in [6, 6.07) is 8.30. The van der Waals surface area contributed by atoms with E-state index in [9.17, 15) is 0 Å². The lowest BCUT2D eigenvalue weighted by Gasteiger charge is -2.36. The van der Waals surface area contributed by atoms with Crippen LogP contribution in [-0.2, 0) is 6.54 Å². The van der Waals surface area contributed by atoms with Crippen molar-refractivity contribution in [3.8, 4) is 11.5 Å². The summed E-state index contributed by atoms with van der Waals surface area (Å²) in [5, 5.41) is 0. The Bertz CT molecular complexity index is 853. The Kier molecular flexibility index (Phi) is 5.14. The van der Waals surface area contributed by atoms with Gasteiger partial charge in [0.2, 0.25) is 12.7 Å². The molecule has 2 aromatic rings. The van der Waals surface area contributed by atoms with Crippen molar-refractivity contribution in [2.24, 2.45) is 5.92 Å². The first-order chi connectivity index (χ1) is 14.2. The summed E-state index contributed by atoms with van der Waals surface area (Å²) in [6.07, 6.45) is 4.45. The van der Waals surface area contributed by atoms with Crippen LogP contribution in [-0.4, -0.2) is 60.9 Å². The summed E-state index contributed by atoms with van der Waals surface area (Å²) in [5.41, 5.74) is 1.27. The van der Waals surface area contributed by atoms with E-state index in [4.69, 9.17) is 14.5 Å². The van der Waals surface area contributed by atoms with E-state index in [0.29, 0.717) is 6.79 Å². The lowest BCUT2D eigenvalue weighted by molar-refractivity contribution is 0.174. The smallest absolute Gasteiger partial charge is 0.231 e. The Labute approximate surface area is 172 Å². The minimum absolute atomic E-state index is 0.328. The van der Waals surface area contributed by atoms with Crippen molar-refractivity contribution < 1.29 is 9.47 Å². The Morgan fingerprint density at radius 2 is 1.86 bits per heavy atom. The number of aromatic nitrogens is 2. The van der Waals surface area contributed by atoms with Crippen LogP contribution in [0.2, 0.25) is 0 Å². The zero-order valence-corrected chi connectivity index (χ0v) is 17.1. The van der Waals surface area contributed by atoms with E-state index < -0.39 is 0 Å². The van der Waals surface area contributed by atoms with E-state index in [0.717, 1.165) is 75.0 Å². The largest absolute Gasteiger partial charge is 0.454 e. The highest BCUT2D eigenvalue weighted by Gasteiger charge is 2.22. The van der Waals surface area contributed by atoms with Gasteiger partial charge in [-0.2, -0.15) is 4.98 Å². The molecule has 0 bridgehead atoms. The lowest BCUT2D eigenvalue weighted by atomic mass is 10.0. The van der Waals surface area contributed by atoms with Crippen molar-refractivity contribution in [1.82, 2.24) is 14.9 Å². The van der Waals surface area contributed by atoms with Gasteiger partial charge in [0.15, 0.2) is 11.5 Å². The van der Waals surface area contributed by atoms with Gasteiger partial charge in [0, 0.05) is 52.0 Å². The maximum atomic E-state index is 5.50. The van der Waals surface area contributed by atoms with Gasteiger partial charge in [0.1, 0.15) is 5.82 Å². The van der Waals surface area contributed by atoms with Crippen molar-refractivity contribution in [3.63, 3.8) is 0 Å². The number of ether oxygens (including phenoxy) is 2. The zero-order chi connectivity index (χ0) is 19.6. The summed E-state index contributed by atoms with van der Waals surface area (Å²) >= 11 is 0. The average molecular weight is 396 g/mol. The fraction of sp³-hybridized carbons (Fsp3) is 0.545. The zero-order valence-electron chi connectivity index (χ0n) is 17.1. The summed E-state index contributed by atoms with van der Waals surface area (Å²) in [4.78, 5) is 16.7. The second-order valence-electron chi connectivity index (χ2n) is 8.36. The van der Waals surface area contributed by atoms with Crippen LogP contribution < -0.4 is 19.3 Å². The minimum atomic E-state index is 0.328. The molecular formula is C22H29N5O2. The summed E-state index contributed by atoms with van der Waals surface area (Å²) in [5.74, 6) is 4.37. The average Bonchev–Trinajstić information content (AvgIpc) is 3.22. The first-order valence-electron chi connectivity index (χ1n) is 10.7. The van der Waals surface area contributed by atoms with E-state index in [1.54, 1.807) is 0 Å². The van der Waals surface area contributed by atoms with Crippen LogP contribution in [0.25, 0.3) is 0 Å². The number of piperidine rings is 1. The Hall–Kier alpha value is -2.54. The van der Waals surface area contributed by atoms with E-state index >= 15 is 0 Å². The summed E-state index contributed by atoms with van der Waals surface area (Å²) in [6.45, 7) is 9.72. The van der Waals surface area contributed by atoms with Crippen LogP contribution in [0.1, 0.15) is 25.3 Å². The summed E-state index contributed by atoms with van der Waals surface area (Å²) in [7, 11) is 0. The fourth-order valence-corrected chi connectivity index (χ4v) is 4.47. The van der Waals surface area contributed by atoms with Crippen LogP contribution in [0.5, 0.6) is 11.5 Å². The molecule has 0 saturated carbocycles. The van der Waals surface area contributed by atoms with E-state index in [2.05, 4.69) is 38.7 Å². The molecule has 3 aliphatic rings. The molecule has 0 amide bonds. The van der Waals surface area contributed by atoms with Crippen molar-refractivity contribution in [1.29, 1.82) is 0 Å². The number of benzene rings is 1. The molecule has 1 aromatic heterocycles. The van der Waals surface area contributed by atoms with Crippen LogP contribution in [0.4, 0.5) is 11.8 Å². The van der Waals surface area contributed by atoms with E-state index in [1.807, 2.05) is 18.3 Å². The molecule has 1 atom stereocenters. The van der Waals surface area contributed by atoms with Crippen molar-refractivity contribution >= 4 is 11.8 Å². The highest BCUT2D eigenvalue weighted by atomic mass is 16.7. The molecule has 7 nitrogen and oxygen atoms in total. The molecule has 3 aliphatic heterocycles. The fourth-order valence-electron chi connectivity index (χ4n) is 4.47. The third-order valence-electron chi connectivity index (χ3n) is 6.11. The predicted molar refractivity (Wildman–Crippen MR) is 113 cm³/mol. The minimum Gasteiger partial charge on any atom is -0.454 e. The molecule has 7 heteroatoms. The highest BCUT2D eigenvalue weighted by Crippen LogP contribution is 2.33. The number of anilines is 2. The first kappa shape index (κ1) is 18.5. The topological polar surface area (TPSA) is 54.0 Å². The molecule has 154 valence electrons. The van der Waals surface area contributed by atoms with Crippen molar-refractivity contribution in [2.45, 2.75) is 26.3 Å². The molecule has 2 saturated heterocycles. The molecule has 0 radical (unpaired) electrons. The standard InChI is InChI=1S/C22H29N5O2/c1-17-3-2-8-27(14-17)22-23-7-6-21(24-22)26-11-9-25(10-12-26)15-18-4-5-19-20(13-18)29-16-28-19/h4-7,13,17H,2-3,8-12,14-16H2,1H3. The van der Waals surface area contributed by atoms with Gasteiger partial charge in [-0.25, -0.2) is 4.98 Å². The highest BCUT2D eigenvalue weighted by molar-refractivity contribution is 5.45. The Balaban J connectivity index is 1.19. The Morgan fingerprint density at radius 3 is 2.72 bits per heavy atom. The van der Waals surface area contributed by atoms with Gasteiger partial charge >= 0.3 is 0 Å². The van der Waals surface area contributed by atoms with Gasteiger partial charge in [-0.3, -0.25) is 4.90 Å². The maximum absolute atomic E-state index is 5.50. The number of hydrogen-bond donors (Lipinski definition) is 0. The normalized spacial score (nSPS) is 22.2. The first-order valence-corrected chi connectivity index (χ1v) is 10.7. The summed E-state index contributed by atoms with van der Waals surface area (Å²) < 4.78 is 10.9. The number of hydrogen-bond acceptors (Lipinski definition) is 7. The van der Waals surface area contributed by atoms with Crippen LogP contribution in [0.3, 0.4) is 0 Å². The third kappa shape index (κ3) is 4.10. The molecule has 0 aliphatic carbocycles. The maximum Gasteiger partial charge on any atom is 0.231 e. The second-order valence-corrected chi connectivity index (χ2v) is 8.36. The molecule has 29 heavy (non-hydrogen) atoms. The molecular weight excluding hydrogens is 366 g/mol. The number of piperazine rings is 1. The third-order valence-corrected chi connectivity index (χ3v) is 6.11. The van der Waals surface area contributed by atoms with Crippen molar-refractivity contribution in [3.05, 3.63) is 36.0 Å². The lowest BCUT2D eigenvalue weighted by Crippen LogP contribution is -2.46. The van der Waals surface area contributed by atoms with E-state index in [-0.39, 0.29) is 0 Å². The van der Waals surface area contributed by atoms with Crippen LogP contribution >= 0.6 is 0 Å². The van der Waals surface area contributed by atoms with Gasteiger partial charge in [0.05, 0.1) is 0 Å². The molecule has 2 fully saturated rings. The molecule has 0 spiro atoms. The molecule has 4 heterocycles. The molecule has 1 aromatic carbocycles. The van der Waals surface area contributed by atoms with Gasteiger partial charge in [-0.15, -0.1) is 0 Å². The van der Waals surface area contributed by atoms with Crippen LogP contribution in [0, 0.1) is 5.92 Å². The second kappa shape index (κ2) is 8.06. The van der Waals surface area contributed by atoms with Gasteiger partial charge in [0.25, 0.3) is 0 Å². The number of rotatable bonds is 4. The molecule has 1 unspecified atom stereocenters. The SMILES string of the molecule is CC1CCCN(c2nccc(N3CCN(Cc4ccc5c(c4)OCO5)CC3)n2)C1.